The van der Waals surface area contributed by atoms with Crippen molar-refractivity contribution in [2.45, 2.75) is 96.7 Å². The minimum atomic E-state index is -4.96. The van der Waals surface area contributed by atoms with Gasteiger partial charge in [-0.3, -0.25) is 48.2 Å². The molecule has 5 aromatic rings. The zero-order valence-electron chi connectivity index (χ0n) is 61.6. The minimum absolute atomic E-state index is 0.0231. The lowest BCUT2D eigenvalue weighted by atomic mass is 9.97. The molecular formula is C72H95Cl2N10O22PS2. The van der Waals surface area contributed by atoms with E-state index in [1.54, 1.807) is 49.1 Å². The van der Waals surface area contributed by atoms with Gasteiger partial charge in [0.1, 0.15) is 18.7 Å². The number of primary amides is 1. The topological polar surface area (TPSA) is 402 Å². The van der Waals surface area contributed by atoms with Crippen LogP contribution in [0.1, 0.15) is 92.0 Å². The molecule has 3 aliphatic rings. The lowest BCUT2D eigenvalue weighted by Gasteiger charge is -2.25. The number of hydrogen-bond donors (Lipinski definition) is 7. The normalized spacial score (nSPS) is 15.2. The summed E-state index contributed by atoms with van der Waals surface area (Å²) in [6, 6.07) is 6.68. The SMILES string of the molecule is Cc1csc2c(OC(=O)N(C)CCN(C)C(=O)OCc3ccc(NC(=O)[C@H](CCCNC(N)=O)NC(=O)[C@@H](NC(=O)CCOCCOCCOCCOCCOCCOCCN4C(=O)C=CC4=O)C(C)C)cc3)cc3c(c12)[C@H](CCl)CN3C(=O)CCCC(=O)N1C[C@@H](CCl)c2c1cc(OP(=O)(O)O)c1scc(C)c21. The molecule has 37 heteroatoms. The Labute approximate surface area is 648 Å². The first kappa shape index (κ1) is 86.5. The van der Waals surface area contributed by atoms with Crippen LogP contribution in [0.25, 0.3) is 20.2 Å². The van der Waals surface area contributed by atoms with Gasteiger partial charge in [0.15, 0.2) is 11.5 Å². The highest BCUT2D eigenvalue weighted by atomic mass is 35.5. The van der Waals surface area contributed by atoms with Gasteiger partial charge < -0.3 is 89.0 Å². The summed E-state index contributed by atoms with van der Waals surface area (Å²) in [6.45, 7) is 11.4. The molecule has 0 saturated carbocycles. The van der Waals surface area contributed by atoms with Gasteiger partial charge in [-0.1, -0.05) is 26.0 Å². The molecule has 0 spiro atoms. The molecule has 5 heterocycles. The Morgan fingerprint density at radius 2 is 1.14 bits per heavy atom. The number of alkyl halides is 2. The van der Waals surface area contributed by atoms with E-state index >= 15 is 0 Å². The molecule has 0 unspecified atom stereocenters. The molecule has 109 heavy (non-hydrogen) atoms. The van der Waals surface area contributed by atoms with Crippen LogP contribution in [0.2, 0.25) is 0 Å². The van der Waals surface area contributed by atoms with E-state index in [0.29, 0.717) is 84.9 Å². The van der Waals surface area contributed by atoms with Crippen molar-refractivity contribution in [3.05, 3.63) is 87.1 Å². The Morgan fingerprint density at radius 3 is 1.63 bits per heavy atom. The van der Waals surface area contributed by atoms with E-state index in [1.165, 1.54) is 69.7 Å². The fourth-order valence-electron chi connectivity index (χ4n) is 12.3. The highest BCUT2D eigenvalue weighted by Crippen LogP contribution is 2.53. The standard InChI is InChI=1S/C72H95Cl2N10O22PS2/c1-44(2)65(79-56(85)18-23-98-25-27-100-29-31-102-33-34-103-32-30-101-28-26-99-24-22-82-59(88)16-17-60(82)89)69(91)78-51(9-8-19-76-70(75)92)68(90)77-50-14-12-47(13-15-50)41-104-71(93)80(5)20-21-81(6)72(94)105-54-35-52-63(61-45(3)42-108-66(54)61)48(37-73)39-83(52)57(86)10-7-11-58(87)84-40-49(38-74)64-53(84)36-55(106-107(95,96)97)67-62(64)46(4)43-109-67/h12-17,35-36,42-44,48-49,51,65H,7-11,18-34,37-41H2,1-6H3,(H,77,90)(H,78,91)(H,79,85)(H3,75,76,92)(H2,95,96,97)/t48-,49-,51+,65+/m1/s1. The van der Waals surface area contributed by atoms with Crippen molar-refractivity contribution in [1.29, 1.82) is 0 Å². The smallest absolute Gasteiger partial charge is 0.445 e. The number of likely N-dealkylation sites (N-methyl/N-ethyl adjacent to an activating group) is 2. The predicted molar refractivity (Wildman–Crippen MR) is 409 cm³/mol. The summed E-state index contributed by atoms with van der Waals surface area (Å²) in [5.41, 5.74) is 10.5. The van der Waals surface area contributed by atoms with Crippen LogP contribution >= 0.6 is 53.7 Å². The zero-order chi connectivity index (χ0) is 78.9. The minimum Gasteiger partial charge on any atom is -0.445 e. The van der Waals surface area contributed by atoms with Crippen LogP contribution in [0.4, 0.5) is 31.4 Å². The molecule has 596 valence electrons. The second-order valence-corrected chi connectivity index (χ2v) is 29.9. The number of benzene rings is 3. The zero-order valence-corrected chi connectivity index (χ0v) is 65.7. The number of rotatable bonds is 45. The number of carbonyl (C=O) groups excluding carboxylic acids is 10. The first-order chi connectivity index (χ1) is 52.2. The Bertz CT molecular complexity index is 4090. The van der Waals surface area contributed by atoms with E-state index in [9.17, 15) is 62.3 Å². The third-order valence-electron chi connectivity index (χ3n) is 17.9. The largest absolute Gasteiger partial charge is 0.524 e. The predicted octanol–water partition coefficient (Wildman–Crippen LogP) is 7.54. The number of carbonyl (C=O) groups is 10. The second kappa shape index (κ2) is 42.4. The lowest BCUT2D eigenvalue weighted by molar-refractivity contribution is -0.138. The van der Waals surface area contributed by atoms with Crippen molar-refractivity contribution < 1.29 is 105 Å². The summed E-state index contributed by atoms with van der Waals surface area (Å²) >= 11 is 15.7. The van der Waals surface area contributed by atoms with E-state index in [0.717, 1.165) is 37.9 Å². The van der Waals surface area contributed by atoms with E-state index in [1.807, 2.05) is 24.6 Å². The fourth-order valence-corrected chi connectivity index (χ4v) is 15.3. The average Bonchev–Trinajstić information content (AvgIpc) is 1.59. The number of urea groups is 1. The first-order valence-corrected chi connectivity index (χ1v) is 39.9. The number of anilines is 3. The molecule has 0 saturated heterocycles. The van der Waals surface area contributed by atoms with Gasteiger partial charge in [-0.05, 0) is 89.7 Å². The highest BCUT2D eigenvalue weighted by Gasteiger charge is 2.39. The molecule has 0 fully saturated rings. The molecule has 32 nitrogen and oxygen atoms in total. The van der Waals surface area contributed by atoms with Gasteiger partial charge >= 0.3 is 26.0 Å². The molecule has 3 aliphatic heterocycles. The van der Waals surface area contributed by atoms with E-state index in [-0.39, 0.29) is 175 Å². The van der Waals surface area contributed by atoms with Gasteiger partial charge in [0, 0.05) is 130 Å². The van der Waals surface area contributed by atoms with E-state index in [2.05, 4.69) is 21.3 Å². The highest BCUT2D eigenvalue weighted by molar-refractivity contribution is 7.46. The molecule has 2 aromatic heterocycles. The summed E-state index contributed by atoms with van der Waals surface area (Å²) in [5, 5.41) is 16.1. The molecule has 0 radical (unpaired) electrons. The van der Waals surface area contributed by atoms with Crippen LogP contribution < -0.4 is 46.1 Å². The third-order valence-corrected chi connectivity index (χ3v) is 21.3. The third kappa shape index (κ3) is 25.0. The lowest BCUT2D eigenvalue weighted by Crippen LogP contribution is -2.54. The average molecular weight is 1620 g/mol. The quantitative estimate of drug-likeness (QED) is 0.00856. The Kier molecular flexibility index (Phi) is 33.6. The van der Waals surface area contributed by atoms with Crippen molar-refractivity contribution in [3.8, 4) is 11.5 Å². The van der Waals surface area contributed by atoms with Crippen molar-refractivity contribution in [3.63, 3.8) is 0 Å². The second-order valence-electron chi connectivity index (χ2n) is 26.3. The molecule has 4 atom stereocenters. The molecule has 8 N–H and O–H groups in total. The maximum absolute atomic E-state index is 14.3. The van der Waals surface area contributed by atoms with Crippen molar-refractivity contribution >= 4 is 151 Å². The molecular weight excluding hydrogens is 1520 g/mol. The van der Waals surface area contributed by atoms with Crippen LogP contribution in [0.3, 0.4) is 0 Å². The van der Waals surface area contributed by atoms with Gasteiger partial charge in [0.25, 0.3) is 11.8 Å². The maximum Gasteiger partial charge on any atom is 0.524 e. The molecule has 0 bridgehead atoms. The number of hydrogen-bond acceptors (Lipinski definition) is 22. The Balaban J connectivity index is 0.730. The number of nitrogens with zero attached hydrogens (tertiary/aromatic N) is 5. The van der Waals surface area contributed by atoms with Crippen molar-refractivity contribution in [1.82, 2.24) is 30.7 Å². The summed E-state index contributed by atoms with van der Waals surface area (Å²) in [4.78, 5) is 157. The summed E-state index contributed by atoms with van der Waals surface area (Å²) in [5.74, 6) is -3.29. The molecule has 0 aliphatic carbocycles. The van der Waals surface area contributed by atoms with Crippen LogP contribution in [0.15, 0.2) is 59.3 Å². The summed E-state index contributed by atoms with van der Waals surface area (Å²) in [7, 11) is -1.94. The summed E-state index contributed by atoms with van der Waals surface area (Å²) in [6.07, 6.45) is 1.41. The number of nitrogens with two attached hydrogens (primary N) is 1. The number of ether oxygens (including phenoxy) is 8. The van der Waals surface area contributed by atoms with Gasteiger partial charge in [-0.25, -0.2) is 18.9 Å². The number of aryl methyl sites for hydroxylation is 2. The molecule has 3 aromatic carbocycles. The number of imide groups is 1. The number of phosphoric acid groups is 1. The van der Waals surface area contributed by atoms with Crippen LogP contribution in [-0.4, -0.2) is 241 Å². The number of phosphoric ester groups is 1. The summed E-state index contributed by atoms with van der Waals surface area (Å²) < 4.78 is 62.9. The number of thiophene rings is 2. The van der Waals surface area contributed by atoms with E-state index < -0.39 is 55.8 Å². The van der Waals surface area contributed by atoms with E-state index in [4.69, 9.17) is 71.4 Å². The molecule has 11 amide bonds. The van der Waals surface area contributed by atoms with Gasteiger partial charge in [-0.15, -0.1) is 45.9 Å². The van der Waals surface area contributed by atoms with Crippen molar-refractivity contribution in [2.24, 2.45) is 11.7 Å². The number of amides is 11. The van der Waals surface area contributed by atoms with Crippen molar-refractivity contribution in [2.75, 3.05) is 160 Å². The number of halogens is 2. The number of fused-ring (bicyclic) bond motifs is 6. The molecule has 8 rings (SSSR count). The van der Waals surface area contributed by atoms with Crippen LogP contribution in [-0.2, 0) is 77.9 Å². The maximum atomic E-state index is 14.3. The van der Waals surface area contributed by atoms with Gasteiger partial charge in [0.05, 0.1) is 107 Å². The fraction of sp³-hybridized carbons (Fsp3) is 0.528. The Morgan fingerprint density at radius 1 is 0.651 bits per heavy atom. The van der Waals surface area contributed by atoms with Crippen LogP contribution in [0, 0.1) is 19.8 Å². The van der Waals surface area contributed by atoms with Gasteiger partial charge in [0.2, 0.25) is 29.5 Å². The number of nitrogens with one attached hydrogen (secondary N) is 4. The first-order valence-electron chi connectivity index (χ1n) is 35.6. The van der Waals surface area contributed by atoms with Gasteiger partial charge in [-0.2, -0.15) is 0 Å². The monoisotopic (exact) mass is 1620 g/mol. The van der Waals surface area contributed by atoms with Crippen LogP contribution in [0.5, 0.6) is 11.5 Å². The Hall–Kier alpha value is -8.09.